The van der Waals surface area contributed by atoms with Gasteiger partial charge in [0, 0.05) is 31.6 Å². The highest BCUT2D eigenvalue weighted by Gasteiger charge is 2.51. The molecule has 2 fully saturated rings. The van der Waals surface area contributed by atoms with Crippen molar-refractivity contribution >= 4 is 10.0 Å². The molecule has 3 heterocycles. The van der Waals surface area contributed by atoms with Crippen LogP contribution in [0.4, 0.5) is 0 Å². The zero-order valence-electron chi connectivity index (χ0n) is 15.2. The van der Waals surface area contributed by atoms with E-state index in [4.69, 9.17) is 4.42 Å². The third kappa shape index (κ3) is 3.10. The molecule has 0 spiro atoms. The fraction of sp³-hybridized carbons (Fsp3) is 0.500. The van der Waals surface area contributed by atoms with Crippen LogP contribution in [0.2, 0.25) is 0 Å². The Morgan fingerprint density at radius 3 is 2.65 bits per heavy atom. The van der Waals surface area contributed by atoms with Crippen LogP contribution >= 0.6 is 0 Å². The lowest BCUT2D eigenvalue weighted by Crippen LogP contribution is -2.51. The van der Waals surface area contributed by atoms with Crippen molar-refractivity contribution in [2.24, 2.45) is 5.92 Å². The highest BCUT2D eigenvalue weighted by atomic mass is 32.2. The average molecular weight is 375 g/mol. The van der Waals surface area contributed by atoms with Gasteiger partial charge < -0.3 is 4.42 Å². The molecule has 0 N–H and O–H groups in total. The summed E-state index contributed by atoms with van der Waals surface area (Å²) in [5.41, 5.74) is 1.36. The van der Waals surface area contributed by atoms with Crippen LogP contribution in [0.3, 0.4) is 0 Å². The van der Waals surface area contributed by atoms with Gasteiger partial charge in [-0.25, -0.2) is 12.7 Å². The molecule has 2 saturated heterocycles. The van der Waals surface area contributed by atoms with Crippen LogP contribution in [0, 0.1) is 5.92 Å². The molecule has 4 rings (SSSR count). The first kappa shape index (κ1) is 17.8. The molecule has 6 heteroatoms. The third-order valence-corrected chi connectivity index (χ3v) is 7.91. The largest absolute Gasteiger partial charge is 0.468 e. The van der Waals surface area contributed by atoms with Gasteiger partial charge in [-0.2, -0.15) is 0 Å². The predicted octanol–water partition coefficient (Wildman–Crippen LogP) is 2.70. The van der Waals surface area contributed by atoms with E-state index < -0.39 is 10.0 Å². The van der Waals surface area contributed by atoms with E-state index in [2.05, 4.69) is 29.2 Å². The van der Waals surface area contributed by atoms with E-state index in [-0.39, 0.29) is 11.2 Å². The molecule has 2 aromatic rings. The van der Waals surface area contributed by atoms with Crippen LogP contribution in [0.5, 0.6) is 0 Å². The molecule has 0 unspecified atom stereocenters. The van der Waals surface area contributed by atoms with Crippen molar-refractivity contribution in [1.29, 1.82) is 0 Å². The Labute approximate surface area is 155 Å². The average Bonchev–Trinajstić information content (AvgIpc) is 3.29. The number of sulfonamides is 1. The molecule has 0 radical (unpaired) electrons. The van der Waals surface area contributed by atoms with E-state index in [9.17, 15) is 8.42 Å². The van der Waals surface area contributed by atoms with Gasteiger partial charge in [0.2, 0.25) is 10.0 Å². The van der Waals surface area contributed by atoms with Gasteiger partial charge in [-0.15, -0.1) is 0 Å². The van der Waals surface area contributed by atoms with Crippen LogP contribution in [0.1, 0.15) is 24.7 Å². The van der Waals surface area contributed by atoms with Gasteiger partial charge >= 0.3 is 0 Å². The van der Waals surface area contributed by atoms with Gasteiger partial charge in [0.05, 0.1) is 18.6 Å². The normalized spacial score (nSPS) is 27.5. The van der Waals surface area contributed by atoms with E-state index in [1.165, 1.54) is 5.56 Å². The van der Waals surface area contributed by atoms with E-state index in [1.807, 2.05) is 18.2 Å². The van der Waals surface area contributed by atoms with Crippen molar-refractivity contribution in [3.05, 3.63) is 60.1 Å². The summed E-state index contributed by atoms with van der Waals surface area (Å²) in [6.45, 7) is 5.56. The fourth-order valence-electron chi connectivity index (χ4n) is 4.68. The third-order valence-electron chi connectivity index (χ3n) is 6.06. The highest BCUT2D eigenvalue weighted by molar-refractivity contribution is 7.89. The predicted molar refractivity (Wildman–Crippen MR) is 101 cm³/mol. The zero-order valence-corrected chi connectivity index (χ0v) is 16.0. The lowest BCUT2D eigenvalue weighted by atomic mass is 9.68. The van der Waals surface area contributed by atoms with Gasteiger partial charge in [0.1, 0.15) is 5.76 Å². The first-order valence-electron chi connectivity index (χ1n) is 9.31. The standard InChI is InChI=1S/C20H26N2O3S/c1-2-26(23,24)22-11-10-20(17-7-4-3-5-8-17)16-21(13-18(20)14-22)15-19-9-6-12-25-19/h3-9,12,18H,2,10-11,13-16H2,1H3/t18-,20-/m0/s1. The van der Waals surface area contributed by atoms with Crippen molar-refractivity contribution < 1.29 is 12.8 Å². The Kier molecular flexibility index (Phi) is 4.67. The van der Waals surface area contributed by atoms with Gasteiger partial charge in [-0.1, -0.05) is 30.3 Å². The molecule has 1 aromatic heterocycles. The monoisotopic (exact) mass is 374 g/mol. The summed E-state index contributed by atoms with van der Waals surface area (Å²) in [6, 6.07) is 14.5. The second kappa shape index (κ2) is 6.83. The minimum absolute atomic E-state index is 0.0214. The van der Waals surface area contributed by atoms with Crippen LogP contribution in [0.25, 0.3) is 0 Å². The molecule has 5 nitrogen and oxygen atoms in total. The summed E-state index contributed by atoms with van der Waals surface area (Å²) >= 11 is 0. The maximum absolute atomic E-state index is 12.4. The van der Waals surface area contributed by atoms with Crippen LogP contribution < -0.4 is 0 Å². The Morgan fingerprint density at radius 1 is 1.15 bits per heavy atom. The minimum atomic E-state index is -3.14. The Morgan fingerprint density at radius 2 is 1.96 bits per heavy atom. The Bertz CT molecular complexity index is 835. The lowest BCUT2D eigenvalue weighted by molar-refractivity contribution is 0.188. The van der Waals surface area contributed by atoms with Crippen molar-refractivity contribution in [2.45, 2.75) is 25.3 Å². The number of benzene rings is 1. The van der Waals surface area contributed by atoms with Gasteiger partial charge in [0.25, 0.3) is 0 Å². The molecule has 2 atom stereocenters. The molecule has 2 aliphatic heterocycles. The van der Waals surface area contributed by atoms with Crippen LogP contribution in [0.15, 0.2) is 53.1 Å². The summed E-state index contributed by atoms with van der Waals surface area (Å²) < 4.78 is 32.1. The number of hydrogen-bond acceptors (Lipinski definition) is 4. The maximum atomic E-state index is 12.4. The molecule has 140 valence electrons. The molecule has 26 heavy (non-hydrogen) atoms. The number of fused-ring (bicyclic) bond motifs is 1. The topological polar surface area (TPSA) is 53.8 Å². The smallest absolute Gasteiger partial charge is 0.213 e. The summed E-state index contributed by atoms with van der Waals surface area (Å²) in [5, 5.41) is 0. The molecule has 0 amide bonds. The number of rotatable bonds is 5. The van der Waals surface area contributed by atoms with Gasteiger partial charge in [0.15, 0.2) is 0 Å². The van der Waals surface area contributed by atoms with E-state index >= 15 is 0 Å². The number of hydrogen-bond donors (Lipinski definition) is 0. The maximum Gasteiger partial charge on any atom is 0.213 e. The Hall–Kier alpha value is -1.63. The van der Waals surface area contributed by atoms with E-state index in [0.29, 0.717) is 19.0 Å². The number of likely N-dealkylation sites (tertiary alicyclic amines) is 1. The molecular weight excluding hydrogens is 348 g/mol. The first-order chi connectivity index (χ1) is 12.5. The second-order valence-electron chi connectivity index (χ2n) is 7.48. The quantitative estimate of drug-likeness (QED) is 0.807. The zero-order chi connectivity index (χ0) is 18.2. The lowest BCUT2D eigenvalue weighted by Gasteiger charge is -2.43. The van der Waals surface area contributed by atoms with Crippen molar-refractivity contribution in [1.82, 2.24) is 9.21 Å². The number of piperidine rings is 1. The molecular formula is C20H26N2O3S. The Balaban J connectivity index is 1.63. The summed E-state index contributed by atoms with van der Waals surface area (Å²) in [6.07, 6.45) is 2.58. The molecule has 1 aromatic carbocycles. The summed E-state index contributed by atoms with van der Waals surface area (Å²) in [4.78, 5) is 2.42. The molecule has 0 aliphatic carbocycles. The summed E-state index contributed by atoms with van der Waals surface area (Å²) in [7, 11) is -3.14. The summed E-state index contributed by atoms with van der Waals surface area (Å²) in [5.74, 6) is 1.44. The fourth-order valence-corrected chi connectivity index (χ4v) is 5.82. The first-order valence-corrected chi connectivity index (χ1v) is 10.9. The van der Waals surface area contributed by atoms with Gasteiger partial charge in [-0.05, 0) is 37.0 Å². The van der Waals surface area contributed by atoms with Crippen molar-refractivity contribution in [3.8, 4) is 0 Å². The SMILES string of the molecule is CCS(=O)(=O)N1CC[C@@]2(c3ccccc3)CN(Cc3ccco3)C[C@H]2C1. The number of nitrogens with zero attached hydrogens (tertiary/aromatic N) is 2. The van der Waals surface area contributed by atoms with E-state index in [1.54, 1.807) is 17.5 Å². The molecule has 0 saturated carbocycles. The van der Waals surface area contributed by atoms with Crippen LogP contribution in [-0.2, 0) is 22.0 Å². The second-order valence-corrected chi connectivity index (χ2v) is 9.73. The van der Waals surface area contributed by atoms with Crippen molar-refractivity contribution in [2.75, 3.05) is 31.9 Å². The molecule has 2 aliphatic rings. The van der Waals surface area contributed by atoms with Crippen LogP contribution in [-0.4, -0.2) is 49.6 Å². The minimum Gasteiger partial charge on any atom is -0.468 e. The van der Waals surface area contributed by atoms with Crippen molar-refractivity contribution in [3.63, 3.8) is 0 Å². The van der Waals surface area contributed by atoms with E-state index in [0.717, 1.165) is 31.8 Å². The van der Waals surface area contributed by atoms with Gasteiger partial charge in [-0.3, -0.25) is 4.90 Å². The highest BCUT2D eigenvalue weighted by Crippen LogP contribution is 2.46. The number of furan rings is 1. The molecule has 0 bridgehead atoms.